The lowest BCUT2D eigenvalue weighted by Gasteiger charge is -2.34. The number of carbonyl (C=O) groups excluding carboxylic acids is 1. The van der Waals surface area contributed by atoms with Crippen LogP contribution in [0.15, 0.2) is 36.4 Å². The highest BCUT2D eigenvalue weighted by molar-refractivity contribution is 7.22. The molecule has 1 fully saturated rings. The molecule has 0 atom stereocenters. The van der Waals surface area contributed by atoms with E-state index in [1.54, 1.807) is 25.6 Å². The number of thiazole rings is 1. The Bertz CT molecular complexity index is 1030. The molecule has 2 heterocycles. The van der Waals surface area contributed by atoms with E-state index < -0.39 is 0 Å². The second-order valence-electron chi connectivity index (χ2n) is 7.16. The number of carbonyl (C=O) groups is 1. The molecule has 7 heteroatoms. The zero-order valence-electron chi connectivity index (χ0n) is 17.0. The Labute approximate surface area is 174 Å². The van der Waals surface area contributed by atoms with E-state index in [1.165, 1.54) is 5.56 Å². The molecule has 1 amide bonds. The van der Waals surface area contributed by atoms with Crippen molar-refractivity contribution >= 4 is 32.6 Å². The average molecular weight is 412 g/mol. The highest BCUT2D eigenvalue weighted by Gasteiger charge is 2.24. The first kappa shape index (κ1) is 19.5. The Morgan fingerprint density at radius 2 is 1.90 bits per heavy atom. The summed E-state index contributed by atoms with van der Waals surface area (Å²) in [5, 5.41) is 0.993. The fourth-order valence-corrected chi connectivity index (χ4v) is 4.72. The molecule has 1 aliphatic heterocycles. The van der Waals surface area contributed by atoms with Crippen LogP contribution in [-0.2, 0) is 11.2 Å². The maximum Gasteiger partial charge on any atom is 0.227 e. The lowest BCUT2D eigenvalue weighted by Crippen LogP contribution is -2.49. The fraction of sp³-hybridized carbons (Fsp3) is 0.364. The molecule has 0 aliphatic carbocycles. The third kappa shape index (κ3) is 4.00. The van der Waals surface area contributed by atoms with Crippen molar-refractivity contribution < 1.29 is 14.3 Å². The Morgan fingerprint density at radius 3 is 2.62 bits per heavy atom. The van der Waals surface area contributed by atoms with E-state index in [0.29, 0.717) is 19.5 Å². The zero-order chi connectivity index (χ0) is 20.4. The minimum atomic E-state index is 0.153. The summed E-state index contributed by atoms with van der Waals surface area (Å²) in [5.41, 5.74) is 3.10. The number of aromatic nitrogens is 1. The fourth-order valence-electron chi connectivity index (χ4n) is 3.61. The number of methoxy groups -OCH3 is 2. The standard InChI is InChI=1S/C22H25N3O3S/c1-15-7-8-18(28-3)20-21(15)29-22(23-20)25-11-9-24(10-12-25)19(26)14-16-5-4-6-17(13-16)27-2/h4-8,13H,9-12,14H2,1-3H3. The molecule has 6 nitrogen and oxygen atoms in total. The largest absolute Gasteiger partial charge is 0.497 e. The van der Waals surface area contributed by atoms with E-state index in [1.807, 2.05) is 35.2 Å². The van der Waals surface area contributed by atoms with Crippen LogP contribution >= 0.6 is 11.3 Å². The van der Waals surface area contributed by atoms with Crippen LogP contribution in [0.4, 0.5) is 5.13 Å². The topological polar surface area (TPSA) is 54.9 Å². The monoisotopic (exact) mass is 411 g/mol. The van der Waals surface area contributed by atoms with Gasteiger partial charge in [-0.3, -0.25) is 4.79 Å². The predicted octanol–water partition coefficient (Wildman–Crippen LogP) is 3.51. The molecule has 0 N–H and O–H groups in total. The second-order valence-corrected chi connectivity index (χ2v) is 8.13. The van der Waals surface area contributed by atoms with Crippen molar-refractivity contribution in [3.8, 4) is 11.5 Å². The van der Waals surface area contributed by atoms with E-state index in [4.69, 9.17) is 14.5 Å². The number of benzene rings is 2. The van der Waals surface area contributed by atoms with Gasteiger partial charge in [-0.25, -0.2) is 4.98 Å². The summed E-state index contributed by atoms with van der Waals surface area (Å²) in [6.07, 6.45) is 0.398. The number of aryl methyl sites for hydroxylation is 1. The first-order valence-electron chi connectivity index (χ1n) is 9.69. The smallest absolute Gasteiger partial charge is 0.227 e. The Kier molecular flexibility index (Phi) is 5.58. The quantitative estimate of drug-likeness (QED) is 0.643. The zero-order valence-corrected chi connectivity index (χ0v) is 17.8. The van der Waals surface area contributed by atoms with Gasteiger partial charge in [-0.1, -0.05) is 29.5 Å². The third-order valence-electron chi connectivity index (χ3n) is 5.30. The minimum Gasteiger partial charge on any atom is -0.497 e. The molecule has 1 aliphatic rings. The molecule has 4 rings (SSSR count). The Hall–Kier alpha value is -2.80. The first-order valence-corrected chi connectivity index (χ1v) is 10.5. The second kappa shape index (κ2) is 8.29. The number of ether oxygens (including phenoxy) is 2. The van der Waals surface area contributed by atoms with Crippen molar-refractivity contribution in [2.24, 2.45) is 0 Å². The molecule has 0 saturated carbocycles. The lowest BCUT2D eigenvalue weighted by atomic mass is 10.1. The Morgan fingerprint density at radius 1 is 1.10 bits per heavy atom. The minimum absolute atomic E-state index is 0.153. The molecule has 2 aromatic carbocycles. The number of hydrogen-bond donors (Lipinski definition) is 0. The molecule has 152 valence electrons. The van der Waals surface area contributed by atoms with Gasteiger partial charge in [0.25, 0.3) is 0 Å². The van der Waals surface area contributed by atoms with E-state index in [9.17, 15) is 4.79 Å². The number of fused-ring (bicyclic) bond motifs is 1. The molecule has 1 aromatic heterocycles. The van der Waals surface area contributed by atoms with Gasteiger partial charge in [-0.15, -0.1) is 0 Å². The summed E-state index contributed by atoms with van der Waals surface area (Å²) in [6, 6.07) is 11.7. The number of piperazine rings is 1. The van der Waals surface area contributed by atoms with E-state index >= 15 is 0 Å². The normalized spacial score (nSPS) is 14.3. The van der Waals surface area contributed by atoms with Crippen molar-refractivity contribution in [2.75, 3.05) is 45.3 Å². The molecular formula is C22H25N3O3S. The summed E-state index contributed by atoms with van der Waals surface area (Å²) < 4.78 is 11.9. The number of rotatable bonds is 5. The molecule has 0 radical (unpaired) electrons. The van der Waals surface area contributed by atoms with Gasteiger partial charge in [-0.05, 0) is 36.2 Å². The van der Waals surface area contributed by atoms with E-state index in [0.717, 1.165) is 45.5 Å². The average Bonchev–Trinajstić information content (AvgIpc) is 3.21. The van der Waals surface area contributed by atoms with Crippen LogP contribution in [0.25, 0.3) is 10.2 Å². The van der Waals surface area contributed by atoms with Gasteiger partial charge in [0.1, 0.15) is 17.0 Å². The Balaban J connectivity index is 1.42. The van der Waals surface area contributed by atoms with Crippen molar-refractivity contribution in [3.05, 3.63) is 47.5 Å². The van der Waals surface area contributed by atoms with Crippen LogP contribution < -0.4 is 14.4 Å². The number of nitrogens with zero attached hydrogens (tertiary/aromatic N) is 3. The molecule has 3 aromatic rings. The van der Waals surface area contributed by atoms with Gasteiger partial charge in [0.05, 0.1) is 25.3 Å². The molecule has 1 saturated heterocycles. The molecular weight excluding hydrogens is 386 g/mol. The van der Waals surface area contributed by atoms with E-state index in [2.05, 4.69) is 17.9 Å². The van der Waals surface area contributed by atoms with Gasteiger partial charge < -0.3 is 19.3 Å². The summed E-state index contributed by atoms with van der Waals surface area (Å²) >= 11 is 1.69. The molecule has 0 spiro atoms. The summed E-state index contributed by atoms with van der Waals surface area (Å²) in [4.78, 5) is 21.7. The lowest BCUT2D eigenvalue weighted by molar-refractivity contribution is -0.130. The van der Waals surface area contributed by atoms with E-state index in [-0.39, 0.29) is 5.91 Å². The van der Waals surface area contributed by atoms with Crippen molar-refractivity contribution in [1.29, 1.82) is 0 Å². The SMILES string of the molecule is COc1cccc(CC(=O)N2CCN(c3nc4c(OC)ccc(C)c4s3)CC2)c1. The highest BCUT2D eigenvalue weighted by atomic mass is 32.1. The van der Waals surface area contributed by atoms with Crippen LogP contribution in [0, 0.1) is 6.92 Å². The van der Waals surface area contributed by atoms with Gasteiger partial charge >= 0.3 is 0 Å². The van der Waals surface area contributed by atoms with Gasteiger partial charge in [0, 0.05) is 26.2 Å². The number of hydrogen-bond acceptors (Lipinski definition) is 6. The summed E-state index contributed by atoms with van der Waals surface area (Å²) in [5.74, 6) is 1.74. The maximum atomic E-state index is 12.7. The summed E-state index contributed by atoms with van der Waals surface area (Å²) in [7, 11) is 3.31. The molecule has 0 bridgehead atoms. The van der Waals surface area contributed by atoms with Crippen LogP contribution in [0.3, 0.4) is 0 Å². The molecule has 29 heavy (non-hydrogen) atoms. The first-order chi connectivity index (χ1) is 14.1. The predicted molar refractivity (Wildman–Crippen MR) is 116 cm³/mol. The highest BCUT2D eigenvalue weighted by Crippen LogP contribution is 2.36. The third-order valence-corrected chi connectivity index (χ3v) is 6.56. The van der Waals surface area contributed by atoms with Gasteiger partial charge in [-0.2, -0.15) is 0 Å². The van der Waals surface area contributed by atoms with Crippen LogP contribution in [0.1, 0.15) is 11.1 Å². The van der Waals surface area contributed by atoms with Crippen LogP contribution in [-0.4, -0.2) is 56.2 Å². The van der Waals surface area contributed by atoms with Crippen LogP contribution in [0.2, 0.25) is 0 Å². The van der Waals surface area contributed by atoms with Gasteiger partial charge in [0.15, 0.2) is 5.13 Å². The van der Waals surface area contributed by atoms with Crippen LogP contribution in [0.5, 0.6) is 11.5 Å². The van der Waals surface area contributed by atoms with Crippen molar-refractivity contribution in [3.63, 3.8) is 0 Å². The maximum absolute atomic E-state index is 12.7. The van der Waals surface area contributed by atoms with Gasteiger partial charge in [0.2, 0.25) is 5.91 Å². The number of anilines is 1. The van der Waals surface area contributed by atoms with Crippen molar-refractivity contribution in [1.82, 2.24) is 9.88 Å². The van der Waals surface area contributed by atoms with Crippen molar-refractivity contribution in [2.45, 2.75) is 13.3 Å². The molecule has 0 unspecified atom stereocenters. The summed E-state index contributed by atoms with van der Waals surface area (Å²) in [6.45, 7) is 5.07. The number of amides is 1.